The van der Waals surface area contributed by atoms with E-state index in [0.29, 0.717) is 26.2 Å². The van der Waals surface area contributed by atoms with Crippen LogP contribution in [0.3, 0.4) is 0 Å². The zero-order valence-corrected chi connectivity index (χ0v) is 12.4. The fourth-order valence-electron chi connectivity index (χ4n) is 2.62. The van der Waals surface area contributed by atoms with Crippen molar-refractivity contribution in [3.63, 3.8) is 0 Å². The van der Waals surface area contributed by atoms with Gasteiger partial charge in [-0.1, -0.05) is 18.2 Å². The summed E-state index contributed by atoms with van der Waals surface area (Å²) >= 11 is 0. The van der Waals surface area contributed by atoms with Crippen LogP contribution in [0.25, 0.3) is 0 Å². The van der Waals surface area contributed by atoms with E-state index in [4.69, 9.17) is 10.5 Å². The lowest BCUT2D eigenvalue weighted by molar-refractivity contribution is -0.135. The number of carbonyl (C=O) groups is 2. The molecule has 1 aliphatic heterocycles. The Bertz CT molecular complexity index is 533. The highest BCUT2D eigenvalue weighted by Crippen LogP contribution is 2.21. The van der Waals surface area contributed by atoms with Gasteiger partial charge in [0.15, 0.2) is 0 Å². The molecule has 0 bridgehead atoms. The highest BCUT2D eigenvalue weighted by Gasteiger charge is 2.32. The number of ether oxygens (including phenoxy) is 1. The van der Waals surface area contributed by atoms with Crippen LogP contribution in [-0.4, -0.2) is 54.4 Å². The van der Waals surface area contributed by atoms with Gasteiger partial charge in [0.05, 0.1) is 7.11 Å². The van der Waals surface area contributed by atoms with Gasteiger partial charge in [-0.15, -0.1) is 0 Å². The molecule has 0 aliphatic carbocycles. The van der Waals surface area contributed by atoms with E-state index in [9.17, 15) is 9.59 Å². The number of nitrogens with two attached hydrogens (primary N) is 1. The summed E-state index contributed by atoms with van der Waals surface area (Å²) in [6.45, 7) is 3.65. The van der Waals surface area contributed by atoms with Gasteiger partial charge in [0.1, 0.15) is 11.8 Å². The lowest BCUT2D eigenvalue weighted by atomic mass is 10.1. The largest absolute Gasteiger partial charge is 0.496 e. The lowest BCUT2D eigenvalue weighted by Crippen LogP contribution is -2.58. The van der Waals surface area contributed by atoms with E-state index in [1.165, 1.54) is 6.92 Å². The first-order valence-electron chi connectivity index (χ1n) is 6.93. The number of piperazine rings is 1. The van der Waals surface area contributed by atoms with Gasteiger partial charge < -0.3 is 15.4 Å². The smallest absolute Gasteiger partial charge is 0.236 e. The molecule has 0 saturated carbocycles. The second kappa shape index (κ2) is 6.58. The van der Waals surface area contributed by atoms with E-state index in [1.54, 1.807) is 12.0 Å². The van der Waals surface area contributed by atoms with Crippen LogP contribution in [0.1, 0.15) is 12.5 Å². The van der Waals surface area contributed by atoms with E-state index in [1.807, 2.05) is 29.2 Å². The minimum Gasteiger partial charge on any atom is -0.496 e. The molecule has 0 unspecified atom stereocenters. The zero-order valence-electron chi connectivity index (χ0n) is 12.4. The van der Waals surface area contributed by atoms with Crippen LogP contribution < -0.4 is 10.5 Å². The van der Waals surface area contributed by atoms with E-state index >= 15 is 0 Å². The quantitative estimate of drug-likeness (QED) is 0.860. The molecule has 1 heterocycles. The monoisotopic (exact) mass is 291 g/mol. The van der Waals surface area contributed by atoms with Crippen LogP contribution in [0.15, 0.2) is 24.3 Å². The molecule has 0 aromatic heterocycles. The number of amides is 2. The number of hydrogen-bond acceptors (Lipinski definition) is 4. The molecule has 6 heteroatoms. The van der Waals surface area contributed by atoms with Crippen molar-refractivity contribution in [3.8, 4) is 5.75 Å². The number of benzene rings is 1. The van der Waals surface area contributed by atoms with Crippen LogP contribution in [0.2, 0.25) is 0 Å². The fraction of sp³-hybridized carbons (Fsp3) is 0.467. The third-order valence-electron chi connectivity index (χ3n) is 3.83. The second-order valence-electron chi connectivity index (χ2n) is 5.17. The molecule has 6 nitrogen and oxygen atoms in total. The van der Waals surface area contributed by atoms with E-state index in [2.05, 4.69) is 0 Å². The van der Waals surface area contributed by atoms with Crippen molar-refractivity contribution in [2.45, 2.75) is 19.5 Å². The molecule has 1 fully saturated rings. The molecule has 21 heavy (non-hydrogen) atoms. The Balaban J connectivity index is 2.15. The maximum Gasteiger partial charge on any atom is 0.236 e. The average Bonchev–Trinajstić information content (AvgIpc) is 2.47. The minimum absolute atomic E-state index is 0.0295. The van der Waals surface area contributed by atoms with Gasteiger partial charge in [-0.3, -0.25) is 14.5 Å². The third-order valence-corrected chi connectivity index (χ3v) is 3.83. The average molecular weight is 291 g/mol. The lowest BCUT2D eigenvalue weighted by Gasteiger charge is -2.39. The molecule has 114 valence electrons. The predicted molar refractivity (Wildman–Crippen MR) is 78.6 cm³/mol. The molecule has 1 aliphatic rings. The van der Waals surface area contributed by atoms with Crippen molar-refractivity contribution in [3.05, 3.63) is 29.8 Å². The summed E-state index contributed by atoms with van der Waals surface area (Å²) < 4.78 is 5.33. The summed E-state index contributed by atoms with van der Waals surface area (Å²) in [6, 6.07) is 7.23. The van der Waals surface area contributed by atoms with Crippen molar-refractivity contribution in [2.24, 2.45) is 5.73 Å². The number of nitrogens with zero attached hydrogens (tertiary/aromatic N) is 2. The molecule has 1 aromatic carbocycles. The van der Waals surface area contributed by atoms with Gasteiger partial charge in [0.2, 0.25) is 11.8 Å². The molecule has 0 radical (unpaired) electrons. The molecule has 2 rings (SSSR count). The fourth-order valence-corrected chi connectivity index (χ4v) is 2.62. The molecule has 0 spiro atoms. The van der Waals surface area contributed by atoms with Crippen molar-refractivity contribution in [1.29, 1.82) is 0 Å². The minimum atomic E-state index is -0.465. The Hall–Kier alpha value is -2.08. The van der Waals surface area contributed by atoms with Crippen LogP contribution in [0.5, 0.6) is 5.75 Å². The Labute approximate surface area is 124 Å². The van der Waals surface area contributed by atoms with E-state index in [0.717, 1.165) is 11.3 Å². The van der Waals surface area contributed by atoms with Crippen molar-refractivity contribution in [1.82, 2.24) is 9.80 Å². The third kappa shape index (κ3) is 3.52. The predicted octanol–water partition coefficient (Wildman–Crippen LogP) is 0.213. The van der Waals surface area contributed by atoms with Crippen LogP contribution >= 0.6 is 0 Å². The topological polar surface area (TPSA) is 75.9 Å². The van der Waals surface area contributed by atoms with Crippen molar-refractivity contribution >= 4 is 11.8 Å². The Morgan fingerprint density at radius 3 is 2.67 bits per heavy atom. The van der Waals surface area contributed by atoms with Crippen LogP contribution in [0, 0.1) is 0 Å². The van der Waals surface area contributed by atoms with Gasteiger partial charge in [0.25, 0.3) is 0 Å². The van der Waals surface area contributed by atoms with Crippen molar-refractivity contribution < 1.29 is 14.3 Å². The summed E-state index contributed by atoms with van der Waals surface area (Å²) in [5.41, 5.74) is 6.50. The first-order valence-corrected chi connectivity index (χ1v) is 6.93. The Kier molecular flexibility index (Phi) is 4.80. The highest BCUT2D eigenvalue weighted by molar-refractivity contribution is 5.82. The molecule has 2 N–H and O–H groups in total. The summed E-state index contributed by atoms with van der Waals surface area (Å²) in [7, 11) is 1.62. The number of primary amides is 1. The molecular formula is C15H21N3O3. The maximum absolute atomic E-state index is 11.7. The molecule has 1 atom stereocenters. The van der Waals surface area contributed by atoms with Gasteiger partial charge in [-0.25, -0.2) is 0 Å². The van der Waals surface area contributed by atoms with Crippen molar-refractivity contribution in [2.75, 3.05) is 26.7 Å². The van der Waals surface area contributed by atoms with E-state index in [-0.39, 0.29) is 5.91 Å². The first-order chi connectivity index (χ1) is 10.0. The Morgan fingerprint density at radius 1 is 1.33 bits per heavy atom. The SMILES string of the molecule is COc1ccccc1CN1CCN(C(C)=O)C[C@@H]1C(N)=O. The number of methoxy groups -OCH3 is 1. The second-order valence-corrected chi connectivity index (χ2v) is 5.17. The van der Waals surface area contributed by atoms with Gasteiger partial charge in [-0.2, -0.15) is 0 Å². The summed E-state index contributed by atoms with van der Waals surface area (Å²) in [5, 5.41) is 0. The number of hydrogen-bond donors (Lipinski definition) is 1. The molecule has 1 saturated heterocycles. The highest BCUT2D eigenvalue weighted by atomic mass is 16.5. The van der Waals surface area contributed by atoms with Crippen LogP contribution in [-0.2, 0) is 16.1 Å². The number of rotatable bonds is 4. The molecular weight excluding hydrogens is 270 g/mol. The van der Waals surface area contributed by atoms with Gasteiger partial charge >= 0.3 is 0 Å². The Morgan fingerprint density at radius 2 is 2.05 bits per heavy atom. The normalized spacial score (nSPS) is 19.3. The summed E-state index contributed by atoms with van der Waals surface area (Å²) in [5.74, 6) is 0.351. The maximum atomic E-state index is 11.7. The van der Waals surface area contributed by atoms with Crippen LogP contribution in [0.4, 0.5) is 0 Å². The summed E-state index contributed by atoms with van der Waals surface area (Å²) in [4.78, 5) is 26.8. The zero-order chi connectivity index (χ0) is 15.4. The summed E-state index contributed by atoms with van der Waals surface area (Å²) in [6.07, 6.45) is 0. The number of carbonyl (C=O) groups excluding carboxylic acids is 2. The number of para-hydroxylation sites is 1. The molecule has 2 amide bonds. The van der Waals surface area contributed by atoms with E-state index < -0.39 is 11.9 Å². The van der Waals surface area contributed by atoms with Gasteiger partial charge in [0, 0.05) is 38.7 Å². The standard InChI is InChI=1S/C15H21N3O3/c1-11(19)17-7-8-18(13(10-17)15(16)20)9-12-5-3-4-6-14(12)21-2/h3-6,13H,7-10H2,1-2H3,(H2,16,20)/t13-/m1/s1. The molecule has 1 aromatic rings. The van der Waals surface area contributed by atoms with Gasteiger partial charge in [-0.05, 0) is 6.07 Å². The first kappa shape index (κ1) is 15.3.